The van der Waals surface area contributed by atoms with Crippen LogP contribution in [0.4, 0.5) is 16.0 Å². The van der Waals surface area contributed by atoms with Gasteiger partial charge in [-0.3, -0.25) is 9.48 Å². The van der Waals surface area contributed by atoms with Crippen LogP contribution in [0.3, 0.4) is 0 Å². The number of nitrogens with zero attached hydrogens (tertiary/aromatic N) is 5. The summed E-state index contributed by atoms with van der Waals surface area (Å²) in [5, 5.41) is 8.01. The molecule has 0 bridgehead atoms. The molecule has 1 aliphatic rings. The molecule has 30 heavy (non-hydrogen) atoms. The highest BCUT2D eigenvalue weighted by Gasteiger charge is 2.33. The molecule has 0 aromatic carbocycles. The average molecular weight is 413 g/mol. The summed E-state index contributed by atoms with van der Waals surface area (Å²) in [7, 11) is 0. The highest BCUT2D eigenvalue weighted by molar-refractivity contribution is 5.87. The van der Waals surface area contributed by atoms with E-state index in [0.29, 0.717) is 23.5 Å². The molecular weight excluding hydrogens is 389 g/mol. The van der Waals surface area contributed by atoms with Gasteiger partial charge in [-0.05, 0) is 31.9 Å². The zero-order valence-corrected chi connectivity index (χ0v) is 16.9. The second-order valence-corrected chi connectivity index (χ2v) is 7.21. The number of aryl methyl sites for hydroxylation is 2. The lowest BCUT2D eigenvalue weighted by molar-refractivity contribution is -0.130. The summed E-state index contributed by atoms with van der Waals surface area (Å²) in [4.78, 5) is 25.6. The van der Waals surface area contributed by atoms with E-state index in [1.54, 1.807) is 17.1 Å². The van der Waals surface area contributed by atoms with Crippen molar-refractivity contribution < 1.29 is 13.9 Å². The van der Waals surface area contributed by atoms with Crippen LogP contribution in [0.25, 0.3) is 11.0 Å². The van der Waals surface area contributed by atoms with Gasteiger partial charge in [-0.15, -0.1) is 0 Å². The second kappa shape index (κ2) is 8.13. The summed E-state index contributed by atoms with van der Waals surface area (Å²) >= 11 is 0. The summed E-state index contributed by atoms with van der Waals surface area (Å²) in [6.07, 6.45) is 4.71. The molecule has 10 heteroatoms. The Kier molecular flexibility index (Phi) is 5.39. The number of H-pyrrole nitrogens is 1. The Hall–Kier alpha value is -3.43. The van der Waals surface area contributed by atoms with Crippen LogP contribution >= 0.6 is 0 Å². The molecule has 4 rings (SSSR count). The van der Waals surface area contributed by atoms with Gasteiger partial charge < -0.3 is 19.9 Å². The molecule has 4 heterocycles. The van der Waals surface area contributed by atoms with Crippen LogP contribution in [0, 0.1) is 6.92 Å². The van der Waals surface area contributed by atoms with E-state index in [1.807, 2.05) is 20.0 Å². The fourth-order valence-corrected chi connectivity index (χ4v) is 3.49. The highest BCUT2D eigenvalue weighted by atomic mass is 19.1. The fourth-order valence-electron chi connectivity index (χ4n) is 3.49. The van der Waals surface area contributed by atoms with E-state index in [4.69, 9.17) is 4.74 Å². The minimum atomic E-state index is -1.21. The first kappa shape index (κ1) is 19.9. The number of nitrogens with one attached hydrogen (secondary N) is 2. The number of aromatic nitrogens is 5. The van der Waals surface area contributed by atoms with Gasteiger partial charge in [0.1, 0.15) is 17.9 Å². The molecule has 0 spiro atoms. The highest BCUT2D eigenvalue weighted by Crippen LogP contribution is 2.30. The molecule has 3 aromatic heterocycles. The number of carbonyl (C=O) groups is 1. The van der Waals surface area contributed by atoms with E-state index in [9.17, 15) is 9.18 Å². The quantitative estimate of drug-likeness (QED) is 0.603. The van der Waals surface area contributed by atoms with E-state index >= 15 is 0 Å². The summed E-state index contributed by atoms with van der Waals surface area (Å²) in [5.74, 6) is 0.335. The Morgan fingerprint density at radius 2 is 2.33 bits per heavy atom. The zero-order chi connectivity index (χ0) is 21.3. The Morgan fingerprint density at radius 1 is 1.50 bits per heavy atom. The van der Waals surface area contributed by atoms with Crippen LogP contribution < -0.4 is 10.1 Å². The summed E-state index contributed by atoms with van der Waals surface area (Å²) < 4.78 is 22.4. The van der Waals surface area contributed by atoms with Gasteiger partial charge in [0.25, 0.3) is 0 Å². The molecule has 1 saturated heterocycles. The van der Waals surface area contributed by atoms with Gasteiger partial charge in [0.05, 0.1) is 23.8 Å². The number of rotatable bonds is 6. The number of hydrogen-bond donors (Lipinski definition) is 2. The van der Waals surface area contributed by atoms with Crippen molar-refractivity contribution >= 4 is 28.6 Å². The first-order valence-electron chi connectivity index (χ1n) is 9.85. The van der Waals surface area contributed by atoms with Crippen molar-refractivity contribution in [1.29, 1.82) is 0 Å². The van der Waals surface area contributed by atoms with Crippen LogP contribution in [0.2, 0.25) is 0 Å². The lowest BCUT2D eigenvalue weighted by Crippen LogP contribution is -2.49. The van der Waals surface area contributed by atoms with Crippen molar-refractivity contribution in [3.8, 4) is 5.88 Å². The van der Waals surface area contributed by atoms with Crippen LogP contribution in [-0.4, -0.2) is 60.9 Å². The molecule has 1 fully saturated rings. The molecule has 1 amide bonds. The standard InChI is InChI=1S/C20H24FN7O2/c1-4-16(29)27-7-6-14(21)15(11-27)30-19-17-12(3)8-22-18(17)25-20(26-19)24-13-9-23-28(5-2)10-13/h4,8-10,14-15H,1,5-7,11H2,2-3H3,(H2,22,24,25,26). The Labute approximate surface area is 172 Å². The molecule has 2 N–H and O–H groups in total. The average Bonchev–Trinajstić information content (AvgIpc) is 3.35. The number of likely N-dealkylation sites (tertiary alicyclic amines) is 1. The minimum Gasteiger partial charge on any atom is -0.469 e. The third-order valence-corrected chi connectivity index (χ3v) is 5.14. The Balaban J connectivity index is 1.64. The van der Waals surface area contributed by atoms with Gasteiger partial charge in [0.2, 0.25) is 17.7 Å². The molecule has 158 valence electrons. The first-order chi connectivity index (χ1) is 14.5. The zero-order valence-electron chi connectivity index (χ0n) is 16.9. The number of alkyl halides is 1. The third-order valence-electron chi connectivity index (χ3n) is 5.14. The number of anilines is 2. The monoisotopic (exact) mass is 413 g/mol. The van der Waals surface area contributed by atoms with Crippen LogP contribution in [0.15, 0.2) is 31.2 Å². The van der Waals surface area contributed by atoms with E-state index < -0.39 is 12.3 Å². The predicted octanol–water partition coefficient (Wildman–Crippen LogP) is 2.73. The SMILES string of the molecule is C=CC(=O)N1CCC(F)C(Oc2nc(Nc3cnn(CC)c3)nc3[nH]cc(C)c23)C1. The maximum Gasteiger partial charge on any atom is 0.246 e. The molecule has 0 saturated carbocycles. The summed E-state index contributed by atoms with van der Waals surface area (Å²) in [6.45, 7) is 8.60. The predicted molar refractivity (Wildman–Crippen MR) is 111 cm³/mol. The van der Waals surface area contributed by atoms with E-state index in [1.165, 1.54) is 11.0 Å². The maximum absolute atomic E-state index is 14.6. The van der Waals surface area contributed by atoms with Crippen LogP contribution in [0.5, 0.6) is 5.88 Å². The molecule has 3 aromatic rings. The smallest absolute Gasteiger partial charge is 0.246 e. The number of carbonyl (C=O) groups excluding carboxylic acids is 1. The number of aromatic amines is 1. The molecule has 0 aliphatic carbocycles. The number of piperidine rings is 1. The van der Waals surface area contributed by atoms with Gasteiger partial charge in [0.15, 0.2) is 0 Å². The molecule has 1 aliphatic heterocycles. The molecule has 2 unspecified atom stereocenters. The largest absolute Gasteiger partial charge is 0.469 e. The van der Waals surface area contributed by atoms with Crippen LogP contribution in [0.1, 0.15) is 18.9 Å². The Bertz CT molecular complexity index is 1080. The molecular formula is C20H24FN7O2. The first-order valence-corrected chi connectivity index (χ1v) is 9.85. The van der Waals surface area contributed by atoms with E-state index in [0.717, 1.165) is 17.8 Å². The van der Waals surface area contributed by atoms with Gasteiger partial charge >= 0.3 is 0 Å². The summed E-state index contributed by atoms with van der Waals surface area (Å²) in [5.41, 5.74) is 2.19. The normalized spacial score (nSPS) is 19.1. The van der Waals surface area contributed by atoms with E-state index in [2.05, 4.69) is 31.9 Å². The van der Waals surface area contributed by atoms with E-state index in [-0.39, 0.29) is 24.8 Å². The number of halogens is 1. The molecule has 9 nitrogen and oxygen atoms in total. The van der Waals surface area contributed by atoms with Crippen molar-refractivity contribution in [2.75, 3.05) is 18.4 Å². The lowest BCUT2D eigenvalue weighted by Gasteiger charge is -2.34. The molecule has 2 atom stereocenters. The topological polar surface area (TPSA) is 101 Å². The van der Waals surface area contributed by atoms with Gasteiger partial charge in [-0.2, -0.15) is 15.1 Å². The Morgan fingerprint density at radius 3 is 3.07 bits per heavy atom. The minimum absolute atomic E-state index is 0.132. The van der Waals surface area contributed by atoms with Gasteiger partial charge in [-0.25, -0.2) is 4.39 Å². The second-order valence-electron chi connectivity index (χ2n) is 7.21. The third kappa shape index (κ3) is 3.85. The lowest BCUT2D eigenvalue weighted by atomic mass is 10.1. The summed E-state index contributed by atoms with van der Waals surface area (Å²) in [6, 6.07) is 0. The van der Waals surface area contributed by atoms with Crippen molar-refractivity contribution in [2.24, 2.45) is 0 Å². The number of amides is 1. The number of ether oxygens (including phenoxy) is 1. The van der Waals surface area contributed by atoms with Crippen molar-refractivity contribution in [3.63, 3.8) is 0 Å². The maximum atomic E-state index is 14.6. The molecule has 0 radical (unpaired) electrons. The van der Waals surface area contributed by atoms with Crippen LogP contribution in [-0.2, 0) is 11.3 Å². The van der Waals surface area contributed by atoms with Crippen molar-refractivity contribution in [3.05, 3.63) is 36.8 Å². The van der Waals surface area contributed by atoms with Crippen molar-refractivity contribution in [2.45, 2.75) is 39.1 Å². The van der Waals surface area contributed by atoms with Gasteiger partial charge in [0, 0.05) is 25.5 Å². The fraction of sp³-hybridized carbons (Fsp3) is 0.400. The van der Waals surface area contributed by atoms with Crippen molar-refractivity contribution in [1.82, 2.24) is 29.6 Å². The number of fused-ring (bicyclic) bond motifs is 1. The van der Waals surface area contributed by atoms with Gasteiger partial charge in [-0.1, -0.05) is 6.58 Å². The number of hydrogen-bond acceptors (Lipinski definition) is 6.